The highest BCUT2D eigenvalue weighted by Gasteiger charge is 2.48. The molecular weight excluding hydrogens is 932 g/mol. The van der Waals surface area contributed by atoms with Gasteiger partial charge in [0, 0.05) is 45.0 Å². The minimum Gasteiger partial charge on any atom is -0.496 e. The van der Waals surface area contributed by atoms with Gasteiger partial charge in [0.25, 0.3) is 9.84 Å². The number of methoxy groups -OCH3 is 1. The van der Waals surface area contributed by atoms with Crippen molar-refractivity contribution in [2.24, 2.45) is 0 Å². The number of aromatic nitrogens is 1. The molecular formula is C46H58F3N5O12SSi. The van der Waals surface area contributed by atoms with Crippen LogP contribution < -0.4 is 15.1 Å². The van der Waals surface area contributed by atoms with Gasteiger partial charge in [-0.1, -0.05) is 31.8 Å². The van der Waals surface area contributed by atoms with E-state index in [1.54, 1.807) is 65.9 Å². The minimum absolute atomic E-state index is 0.00915. The lowest BCUT2D eigenvalue weighted by molar-refractivity contribution is -0.139. The molecule has 0 aliphatic rings. The summed E-state index contributed by atoms with van der Waals surface area (Å²) in [5.74, 6) is -2.00. The second-order valence-electron chi connectivity index (χ2n) is 18.9. The molecule has 370 valence electrons. The number of hydrogen-bond donors (Lipinski definition) is 2. The number of fused-ring (bicyclic) bond motifs is 1. The number of alkyl halides is 3. The Kier molecular flexibility index (Phi) is 16.9. The zero-order chi connectivity index (χ0) is 51.2. The highest BCUT2D eigenvalue weighted by molar-refractivity contribution is 7.92. The van der Waals surface area contributed by atoms with E-state index in [1.165, 1.54) is 44.6 Å². The number of nitrogens with one attached hydrogen (secondary N) is 1. The average molecular weight is 990 g/mol. The molecule has 1 heterocycles. The van der Waals surface area contributed by atoms with Gasteiger partial charge in [-0.25, -0.2) is 27.6 Å². The SMILES string of the molecule is COc1ccc(C(C(=O)O)N(c2ccc3cnccc3c2)N(C(=O)OC(C)(C)C)C(=O)OC(C)(C)C)cc1CCC(=O)Nc1ccc(S(=O)(=O)C(F)(F)F)c(CN(C)C(=O)OCC[Si](C)(C)C)c1. The number of pyridine rings is 1. The Morgan fingerprint density at radius 1 is 0.824 bits per heavy atom. The number of carbonyl (C=O) groups is 5. The standard InChI is InChI=1S/C46H58F3N5O12SSi/c1-44(2,3)65-42(59)54(43(60)66-45(4,5)6)53(35-16-12-32-27-50-21-20-29(32)26-35)39(40(56)57)31-13-17-36(63-8)30(24-31)14-19-38(55)51-34-15-18-37(67(61,62)46(47,48)49)33(25-34)28-52(7)41(58)64-22-23-68(9,10)11/h12-13,15-18,20-21,24-27,39H,14,19,22-23,28H2,1-11H3,(H,51,55)(H,56,57). The van der Waals surface area contributed by atoms with E-state index < -0.39 is 87.8 Å². The van der Waals surface area contributed by atoms with E-state index in [4.69, 9.17) is 18.9 Å². The molecule has 68 heavy (non-hydrogen) atoms. The molecule has 0 saturated carbocycles. The first-order valence-electron chi connectivity index (χ1n) is 21.2. The van der Waals surface area contributed by atoms with Crippen molar-refractivity contribution in [3.8, 4) is 5.75 Å². The summed E-state index contributed by atoms with van der Waals surface area (Å²) < 4.78 is 88.7. The summed E-state index contributed by atoms with van der Waals surface area (Å²) in [4.78, 5) is 72.0. The molecule has 0 spiro atoms. The lowest BCUT2D eigenvalue weighted by Crippen LogP contribution is -2.56. The lowest BCUT2D eigenvalue weighted by atomic mass is 9.99. The van der Waals surface area contributed by atoms with Gasteiger partial charge < -0.3 is 34.3 Å². The number of amides is 4. The number of hydrazine groups is 1. The fourth-order valence-electron chi connectivity index (χ4n) is 6.52. The van der Waals surface area contributed by atoms with Crippen molar-refractivity contribution in [3.05, 3.63) is 89.7 Å². The molecule has 0 aliphatic carbocycles. The molecule has 3 aromatic carbocycles. The van der Waals surface area contributed by atoms with Crippen LogP contribution in [-0.2, 0) is 46.6 Å². The molecule has 0 saturated heterocycles. The Morgan fingerprint density at radius 2 is 1.46 bits per heavy atom. The smallest absolute Gasteiger partial charge is 0.496 e. The number of nitrogens with zero attached hydrogens (tertiary/aromatic N) is 4. The summed E-state index contributed by atoms with van der Waals surface area (Å²) in [5, 5.41) is 16.2. The van der Waals surface area contributed by atoms with E-state index >= 15 is 0 Å². The zero-order valence-corrected chi connectivity index (χ0v) is 41.6. The van der Waals surface area contributed by atoms with Crippen molar-refractivity contribution in [2.75, 3.05) is 31.1 Å². The van der Waals surface area contributed by atoms with Crippen molar-refractivity contribution in [3.63, 3.8) is 0 Å². The summed E-state index contributed by atoms with van der Waals surface area (Å²) in [5.41, 5.74) is -8.18. The number of carboxylic acid groups (broad SMARTS) is 1. The van der Waals surface area contributed by atoms with Crippen LogP contribution in [0.4, 0.5) is 38.9 Å². The zero-order valence-electron chi connectivity index (χ0n) is 39.8. The maximum atomic E-state index is 14.1. The number of ether oxygens (including phenoxy) is 4. The number of carboxylic acids is 1. The third-order valence-electron chi connectivity index (χ3n) is 9.69. The molecule has 4 rings (SSSR count). The van der Waals surface area contributed by atoms with Gasteiger partial charge in [-0.2, -0.15) is 13.2 Å². The summed E-state index contributed by atoms with van der Waals surface area (Å²) >= 11 is 0. The van der Waals surface area contributed by atoms with E-state index in [9.17, 15) is 50.7 Å². The number of carbonyl (C=O) groups excluding carboxylic acids is 4. The maximum Gasteiger partial charge on any atom is 0.501 e. The molecule has 2 N–H and O–H groups in total. The van der Waals surface area contributed by atoms with E-state index in [1.807, 2.05) is 0 Å². The van der Waals surface area contributed by atoms with Gasteiger partial charge in [-0.05, 0) is 125 Å². The highest BCUT2D eigenvalue weighted by atomic mass is 32.2. The molecule has 0 bridgehead atoms. The van der Waals surface area contributed by atoms with Gasteiger partial charge in [-0.3, -0.25) is 14.8 Å². The molecule has 17 nitrogen and oxygen atoms in total. The van der Waals surface area contributed by atoms with Crippen molar-refractivity contribution < 1.29 is 69.6 Å². The molecule has 0 aliphatic heterocycles. The molecule has 4 amide bonds. The molecule has 1 atom stereocenters. The van der Waals surface area contributed by atoms with Gasteiger partial charge in [0.15, 0.2) is 6.04 Å². The summed E-state index contributed by atoms with van der Waals surface area (Å²) in [6, 6.07) is 12.0. The molecule has 0 radical (unpaired) electrons. The average Bonchev–Trinajstić information content (AvgIpc) is 3.20. The topological polar surface area (TPSA) is 211 Å². The van der Waals surface area contributed by atoms with Gasteiger partial charge in [0.05, 0.1) is 30.8 Å². The van der Waals surface area contributed by atoms with Gasteiger partial charge in [0.1, 0.15) is 17.0 Å². The fraction of sp³-hybridized carbons (Fsp3) is 0.435. The molecule has 22 heteroatoms. The van der Waals surface area contributed by atoms with Crippen molar-refractivity contribution in [1.82, 2.24) is 14.9 Å². The lowest BCUT2D eigenvalue weighted by Gasteiger charge is -2.39. The Bertz CT molecular complexity index is 2600. The highest BCUT2D eigenvalue weighted by Crippen LogP contribution is 2.37. The first-order chi connectivity index (χ1) is 31.3. The number of halogens is 3. The maximum absolute atomic E-state index is 14.1. The van der Waals surface area contributed by atoms with Crippen LogP contribution in [-0.4, -0.2) is 104 Å². The number of benzene rings is 3. The summed E-state index contributed by atoms with van der Waals surface area (Å²) in [6.45, 7) is 15.0. The van der Waals surface area contributed by atoms with E-state index in [0.717, 1.165) is 22.0 Å². The summed E-state index contributed by atoms with van der Waals surface area (Å²) in [6.07, 6.45) is -0.776. The van der Waals surface area contributed by atoms with Crippen LogP contribution in [0.2, 0.25) is 25.7 Å². The van der Waals surface area contributed by atoms with Gasteiger partial charge in [0.2, 0.25) is 5.91 Å². The van der Waals surface area contributed by atoms with Crippen LogP contribution >= 0.6 is 0 Å². The second kappa shape index (κ2) is 21.3. The van der Waals surface area contributed by atoms with Crippen LogP contribution in [0, 0.1) is 0 Å². The minimum atomic E-state index is -5.90. The van der Waals surface area contributed by atoms with Crippen LogP contribution in [0.5, 0.6) is 5.75 Å². The Morgan fingerprint density at radius 3 is 2.01 bits per heavy atom. The third kappa shape index (κ3) is 14.5. The molecule has 0 fully saturated rings. The number of imide groups is 1. The van der Waals surface area contributed by atoms with Crippen LogP contribution in [0.1, 0.15) is 70.7 Å². The van der Waals surface area contributed by atoms with Crippen molar-refractivity contribution in [1.29, 1.82) is 0 Å². The Hall–Kier alpha value is -6.42. The number of hydrogen-bond acceptors (Lipinski definition) is 13. The van der Waals surface area contributed by atoms with E-state index in [0.29, 0.717) is 33.5 Å². The van der Waals surface area contributed by atoms with E-state index in [2.05, 4.69) is 29.9 Å². The number of sulfone groups is 1. The largest absolute Gasteiger partial charge is 0.501 e. The second-order valence-corrected chi connectivity index (χ2v) is 26.5. The van der Waals surface area contributed by atoms with Crippen LogP contribution in [0.25, 0.3) is 10.8 Å². The molecule has 1 aromatic heterocycles. The Labute approximate surface area is 394 Å². The third-order valence-corrected chi connectivity index (χ3v) is 13.0. The number of aryl methyl sites for hydroxylation is 1. The van der Waals surface area contributed by atoms with Crippen LogP contribution in [0.3, 0.4) is 0 Å². The van der Waals surface area contributed by atoms with Crippen molar-refractivity contribution in [2.45, 2.75) is 114 Å². The fourth-order valence-corrected chi connectivity index (χ4v) is 8.20. The van der Waals surface area contributed by atoms with E-state index in [-0.39, 0.29) is 42.1 Å². The predicted molar refractivity (Wildman–Crippen MR) is 250 cm³/mol. The number of anilines is 2. The number of rotatable bonds is 16. The van der Waals surface area contributed by atoms with Gasteiger partial charge in [-0.15, -0.1) is 5.01 Å². The normalized spacial score (nSPS) is 12.7. The molecule has 4 aromatic rings. The quantitative estimate of drug-likeness (QED) is 0.0608. The van der Waals surface area contributed by atoms with Crippen LogP contribution in [0.15, 0.2) is 78.0 Å². The Balaban J connectivity index is 1.74. The van der Waals surface area contributed by atoms with Crippen molar-refractivity contribution >= 4 is 70.2 Å². The summed E-state index contributed by atoms with van der Waals surface area (Å²) in [7, 11) is -4.94. The van der Waals surface area contributed by atoms with Gasteiger partial charge >= 0.3 is 29.8 Å². The number of aliphatic carboxylic acids is 1. The first kappa shape index (κ1) is 54.2. The molecule has 1 unspecified atom stereocenters. The predicted octanol–water partition coefficient (Wildman–Crippen LogP) is 9.73. The first-order valence-corrected chi connectivity index (χ1v) is 26.4. The monoisotopic (exact) mass is 989 g/mol.